The van der Waals surface area contributed by atoms with Crippen LogP contribution >= 0.6 is 11.3 Å². The van der Waals surface area contributed by atoms with Crippen LogP contribution in [0.15, 0.2) is 48.5 Å². The van der Waals surface area contributed by atoms with Crippen LogP contribution in [0.4, 0.5) is 15.3 Å². The fraction of sp³-hybridized carbons (Fsp3) is 0.346. The van der Waals surface area contributed by atoms with Gasteiger partial charge in [-0.2, -0.15) is 4.52 Å². The normalized spacial score (nSPS) is 11.6. The van der Waals surface area contributed by atoms with Gasteiger partial charge in [-0.25, -0.2) is 9.37 Å². The number of carbonyl (C=O) groups is 1. The van der Waals surface area contributed by atoms with E-state index in [2.05, 4.69) is 29.7 Å². The molecular formula is C26H31FN6OS. The van der Waals surface area contributed by atoms with Gasteiger partial charge in [-0.3, -0.25) is 4.79 Å². The van der Waals surface area contributed by atoms with Gasteiger partial charge in [0.2, 0.25) is 16.0 Å². The van der Waals surface area contributed by atoms with E-state index in [1.807, 2.05) is 46.0 Å². The summed E-state index contributed by atoms with van der Waals surface area (Å²) in [7, 11) is 1.83. The molecule has 0 saturated heterocycles. The number of nitrogens with zero attached hydrogens (tertiary/aromatic N) is 4. The van der Waals surface area contributed by atoms with Crippen LogP contribution in [-0.4, -0.2) is 39.6 Å². The van der Waals surface area contributed by atoms with Crippen molar-refractivity contribution in [2.45, 2.75) is 46.2 Å². The summed E-state index contributed by atoms with van der Waals surface area (Å²) in [5.74, 6) is 0.281. The Kier molecular flexibility index (Phi) is 7.07. The predicted molar refractivity (Wildman–Crippen MR) is 141 cm³/mol. The Balaban J connectivity index is 1.51. The molecule has 4 rings (SSSR count). The van der Waals surface area contributed by atoms with Gasteiger partial charge in [0.1, 0.15) is 11.5 Å². The minimum absolute atomic E-state index is 0.0894. The highest BCUT2D eigenvalue weighted by Crippen LogP contribution is 2.34. The lowest BCUT2D eigenvalue weighted by atomic mass is 10.1. The van der Waals surface area contributed by atoms with Crippen LogP contribution in [0.3, 0.4) is 0 Å². The van der Waals surface area contributed by atoms with E-state index in [1.54, 1.807) is 15.5 Å². The van der Waals surface area contributed by atoms with Crippen molar-refractivity contribution in [1.82, 2.24) is 19.9 Å². The van der Waals surface area contributed by atoms with Gasteiger partial charge in [0, 0.05) is 24.7 Å². The first-order valence-electron chi connectivity index (χ1n) is 11.6. The monoisotopic (exact) mass is 494 g/mol. The maximum atomic E-state index is 13.9. The summed E-state index contributed by atoms with van der Waals surface area (Å²) in [6.45, 7) is 8.90. The van der Waals surface area contributed by atoms with Crippen LogP contribution in [0.25, 0.3) is 16.2 Å². The van der Waals surface area contributed by atoms with Crippen molar-refractivity contribution in [3.05, 3.63) is 65.5 Å². The van der Waals surface area contributed by atoms with Crippen molar-refractivity contribution in [3.63, 3.8) is 0 Å². The van der Waals surface area contributed by atoms with E-state index < -0.39 is 0 Å². The number of carbonyl (C=O) groups excluding carboxylic acids is 1. The topological polar surface area (TPSA) is 74.6 Å². The van der Waals surface area contributed by atoms with E-state index in [0.29, 0.717) is 33.7 Å². The molecule has 0 unspecified atom stereocenters. The molecule has 0 fully saturated rings. The molecule has 0 radical (unpaired) electrons. The molecule has 184 valence electrons. The van der Waals surface area contributed by atoms with Crippen LogP contribution in [0, 0.1) is 5.82 Å². The van der Waals surface area contributed by atoms with E-state index >= 15 is 0 Å². The third-order valence-electron chi connectivity index (χ3n) is 5.41. The number of rotatable bonds is 8. The van der Waals surface area contributed by atoms with Crippen LogP contribution in [-0.2, 0) is 17.8 Å². The minimum atomic E-state index is -0.318. The third-order valence-corrected chi connectivity index (χ3v) is 6.44. The highest BCUT2D eigenvalue weighted by Gasteiger charge is 2.23. The smallest absolute Gasteiger partial charge is 0.239 e. The Hall–Kier alpha value is -3.46. The predicted octanol–water partition coefficient (Wildman–Crippen LogP) is 5.12. The second-order valence-electron chi connectivity index (χ2n) is 9.58. The number of amides is 1. The number of benzene rings is 2. The summed E-state index contributed by atoms with van der Waals surface area (Å²) < 4.78 is 15.6. The summed E-state index contributed by atoms with van der Waals surface area (Å²) in [5, 5.41) is 11.8. The summed E-state index contributed by atoms with van der Waals surface area (Å²) in [5.41, 5.74) is 3.39. The number of anilines is 2. The molecule has 2 N–H and O–H groups in total. The number of halogens is 1. The van der Waals surface area contributed by atoms with Gasteiger partial charge in [0.25, 0.3) is 0 Å². The molecule has 0 atom stereocenters. The zero-order valence-electron chi connectivity index (χ0n) is 20.7. The molecule has 2 aromatic carbocycles. The molecule has 2 aromatic heterocycles. The van der Waals surface area contributed by atoms with Gasteiger partial charge in [0.05, 0.1) is 6.54 Å². The average molecular weight is 495 g/mol. The van der Waals surface area contributed by atoms with Crippen LogP contribution < -0.4 is 15.5 Å². The molecule has 0 aliphatic rings. The molecule has 1 amide bonds. The zero-order valence-corrected chi connectivity index (χ0v) is 21.5. The van der Waals surface area contributed by atoms with E-state index in [0.717, 1.165) is 12.0 Å². The molecule has 0 spiro atoms. The van der Waals surface area contributed by atoms with Crippen molar-refractivity contribution in [3.8, 4) is 11.3 Å². The lowest BCUT2D eigenvalue weighted by Crippen LogP contribution is -2.34. The van der Waals surface area contributed by atoms with Gasteiger partial charge in [0.15, 0.2) is 5.82 Å². The summed E-state index contributed by atoms with van der Waals surface area (Å²) in [6, 6.07) is 14.6. The number of nitrogens with one attached hydrogen (secondary N) is 2. The number of hydrogen-bond acceptors (Lipinski definition) is 6. The standard InChI is InChI=1S/C26H31FN6OS/c1-6-17-10-12-18(13-11-17)15-28-21(34)16-32(5)25-31-33-23(30-26(2,3)4)22(29-24(33)35-25)19-8-7-9-20(27)14-19/h7-14,30H,6,15-16H2,1-5H3,(H,28,34). The maximum absolute atomic E-state index is 13.9. The Morgan fingerprint density at radius 3 is 2.51 bits per heavy atom. The van der Waals surface area contributed by atoms with Crippen molar-refractivity contribution in [1.29, 1.82) is 0 Å². The fourth-order valence-electron chi connectivity index (χ4n) is 3.63. The lowest BCUT2D eigenvalue weighted by Gasteiger charge is -2.22. The van der Waals surface area contributed by atoms with Crippen molar-refractivity contribution < 1.29 is 9.18 Å². The fourth-order valence-corrected chi connectivity index (χ4v) is 4.49. The summed E-state index contributed by atoms with van der Waals surface area (Å²) in [6.07, 6.45) is 0.991. The van der Waals surface area contributed by atoms with Crippen LogP contribution in [0.5, 0.6) is 0 Å². The molecular weight excluding hydrogens is 463 g/mol. The summed E-state index contributed by atoms with van der Waals surface area (Å²) >= 11 is 1.38. The molecule has 0 aliphatic carbocycles. The largest absolute Gasteiger partial charge is 0.364 e. The second-order valence-corrected chi connectivity index (χ2v) is 10.5. The van der Waals surface area contributed by atoms with Gasteiger partial charge in [-0.1, -0.05) is 54.7 Å². The molecule has 0 aliphatic heterocycles. The molecule has 0 saturated carbocycles. The van der Waals surface area contributed by atoms with E-state index in [-0.39, 0.29) is 23.8 Å². The lowest BCUT2D eigenvalue weighted by molar-refractivity contribution is -0.119. The van der Waals surface area contributed by atoms with Gasteiger partial charge in [-0.15, -0.1) is 5.10 Å². The molecule has 0 bridgehead atoms. The van der Waals surface area contributed by atoms with Gasteiger partial charge < -0.3 is 15.5 Å². The highest BCUT2D eigenvalue weighted by atomic mass is 32.1. The SMILES string of the molecule is CCc1ccc(CNC(=O)CN(C)c2nn3c(NC(C)(C)C)c(-c4cccc(F)c4)nc3s2)cc1. The molecule has 2 heterocycles. The van der Waals surface area contributed by atoms with Gasteiger partial charge >= 0.3 is 0 Å². The van der Waals surface area contributed by atoms with Crippen LogP contribution in [0.2, 0.25) is 0 Å². The number of aromatic nitrogens is 3. The zero-order chi connectivity index (χ0) is 25.2. The van der Waals surface area contributed by atoms with Crippen LogP contribution in [0.1, 0.15) is 38.8 Å². The third kappa shape index (κ3) is 5.97. The van der Waals surface area contributed by atoms with E-state index in [9.17, 15) is 9.18 Å². The minimum Gasteiger partial charge on any atom is -0.364 e. The molecule has 9 heteroatoms. The second kappa shape index (κ2) is 10.0. The Morgan fingerprint density at radius 1 is 1.14 bits per heavy atom. The van der Waals surface area contributed by atoms with E-state index in [4.69, 9.17) is 10.1 Å². The Labute approximate surface area is 209 Å². The first-order chi connectivity index (χ1) is 16.6. The molecule has 7 nitrogen and oxygen atoms in total. The van der Waals surface area contributed by atoms with E-state index in [1.165, 1.54) is 29.0 Å². The van der Waals surface area contributed by atoms with Crippen molar-refractivity contribution in [2.75, 3.05) is 23.8 Å². The maximum Gasteiger partial charge on any atom is 0.239 e. The first kappa shape index (κ1) is 24.7. The molecule has 4 aromatic rings. The van der Waals surface area contributed by atoms with Crippen molar-refractivity contribution in [2.24, 2.45) is 0 Å². The Bertz CT molecular complexity index is 1320. The number of imidazole rings is 1. The van der Waals surface area contributed by atoms with Gasteiger partial charge in [-0.05, 0) is 50.5 Å². The highest BCUT2D eigenvalue weighted by molar-refractivity contribution is 7.20. The van der Waals surface area contributed by atoms with Crippen molar-refractivity contribution >= 4 is 33.2 Å². The number of hydrogen-bond donors (Lipinski definition) is 2. The number of aryl methyl sites for hydroxylation is 1. The summed E-state index contributed by atoms with van der Waals surface area (Å²) in [4.78, 5) is 19.8. The average Bonchev–Trinajstić information content (AvgIpc) is 3.36. The first-order valence-corrected chi connectivity index (χ1v) is 12.4. The molecule has 35 heavy (non-hydrogen) atoms. The number of likely N-dealkylation sites (N-methyl/N-ethyl adjacent to an activating group) is 1. The number of fused-ring (bicyclic) bond motifs is 1. The Morgan fingerprint density at radius 2 is 1.86 bits per heavy atom. The quantitative estimate of drug-likeness (QED) is 0.356.